The molecule has 0 fully saturated rings. The van der Waals surface area contributed by atoms with E-state index in [0.29, 0.717) is 10.0 Å². The van der Waals surface area contributed by atoms with Crippen molar-refractivity contribution in [2.24, 2.45) is 0 Å². The summed E-state index contributed by atoms with van der Waals surface area (Å²) in [7, 11) is 0. The van der Waals surface area contributed by atoms with Gasteiger partial charge in [-0.05, 0) is 35.7 Å². The Morgan fingerprint density at radius 2 is 1.90 bits per heavy atom. The summed E-state index contributed by atoms with van der Waals surface area (Å²) in [6.45, 7) is 2.00. The number of halogens is 2. The van der Waals surface area contributed by atoms with Crippen LogP contribution in [0.1, 0.15) is 30.4 Å². The summed E-state index contributed by atoms with van der Waals surface area (Å²) < 4.78 is 14.0. The van der Waals surface area contributed by atoms with Crippen LogP contribution >= 0.6 is 15.9 Å². The van der Waals surface area contributed by atoms with E-state index in [1.165, 1.54) is 12.1 Å². The van der Waals surface area contributed by atoms with Gasteiger partial charge in [0.05, 0.1) is 0 Å². The van der Waals surface area contributed by atoms with Crippen LogP contribution in [0.15, 0.2) is 53.0 Å². The van der Waals surface area contributed by atoms with Crippen LogP contribution in [0.3, 0.4) is 0 Å². The van der Waals surface area contributed by atoms with E-state index in [4.69, 9.17) is 0 Å². The van der Waals surface area contributed by atoms with E-state index < -0.39 is 0 Å². The molecule has 20 heavy (non-hydrogen) atoms. The standard InChI is InChI=1S/C17H16BrFO/c1-2-16(13-6-4-3-5-7-13)17(20)10-12-8-14(18)11-15(19)9-12/h3-9,11,16H,2,10H2,1H3. The van der Waals surface area contributed by atoms with Gasteiger partial charge >= 0.3 is 0 Å². The number of ketones is 1. The van der Waals surface area contributed by atoms with Crippen LogP contribution < -0.4 is 0 Å². The van der Waals surface area contributed by atoms with E-state index in [-0.39, 0.29) is 23.9 Å². The van der Waals surface area contributed by atoms with E-state index in [9.17, 15) is 9.18 Å². The third-order valence-electron chi connectivity index (χ3n) is 3.30. The minimum absolute atomic E-state index is 0.121. The van der Waals surface area contributed by atoms with Crippen LogP contribution in [-0.2, 0) is 11.2 Å². The van der Waals surface area contributed by atoms with Gasteiger partial charge in [0.25, 0.3) is 0 Å². The van der Waals surface area contributed by atoms with Gasteiger partial charge in [-0.15, -0.1) is 0 Å². The van der Waals surface area contributed by atoms with Crippen molar-refractivity contribution in [3.05, 3.63) is 69.9 Å². The van der Waals surface area contributed by atoms with Crippen molar-refractivity contribution in [3.8, 4) is 0 Å². The Morgan fingerprint density at radius 3 is 2.50 bits per heavy atom. The predicted octanol–water partition coefficient (Wildman–Crippen LogP) is 4.89. The minimum Gasteiger partial charge on any atom is -0.299 e. The van der Waals surface area contributed by atoms with Gasteiger partial charge in [-0.25, -0.2) is 4.39 Å². The molecule has 0 aliphatic carbocycles. The van der Waals surface area contributed by atoms with Gasteiger partial charge < -0.3 is 0 Å². The molecule has 0 aromatic heterocycles. The van der Waals surface area contributed by atoms with Gasteiger partial charge in [-0.1, -0.05) is 53.2 Å². The molecule has 1 unspecified atom stereocenters. The van der Waals surface area contributed by atoms with Crippen molar-refractivity contribution in [1.29, 1.82) is 0 Å². The molecule has 0 saturated carbocycles. The molecule has 0 bridgehead atoms. The van der Waals surface area contributed by atoms with E-state index in [1.807, 2.05) is 37.3 Å². The zero-order valence-corrected chi connectivity index (χ0v) is 12.9. The maximum Gasteiger partial charge on any atom is 0.144 e. The largest absolute Gasteiger partial charge is 0.299 e. The third-order valence-corrected chi connectivity index (χ3v) is 3.76. The van der Waals surface area contributed by atoms with Gasteiger partial charge in [0.2, 0.25) is 0 Å². The van der Waals surface area contributed by atoms with Crippen molar-refractivity contribution in [2.75, 3.05) is 0 Å². The predicted molar refractivity (Wildman–Crippen MR) is 82.3 cm³/mol. The molecular weight excluding hydrogens is 319 g/mol. The topological polar surface area (TPSA) is 17.1 Å². The lowest BCUT2D eigenvalue weighted by Crippen LogP contribution is -2.14. The maximum atomic E-state index is 13.3. The second-order valence-electron chi connectivity index (χ2n) is 4.79. The molecule has 104 valence electrons. The Bertz CT molecular complexity index is 575. The molecule has 0 aliphatic rings. The molecule has 0 radical (unpaired) electrons. The first-order chi connectivity index (χ1) is 9.60. The van der Waals surface area contributed by atoms with Crippen LogP contribution in [-0.4, -0.2) is 5.78 Å². The second-order valence-corrected chi connectivity index (χ2v) is 5.71. The molecule has 1 atom stereocenters. The molecule has 0 saturated heterocycles. The minimum atomic E-state index is -0.324. The number of benzene rings is 2. The average molecular weight is 335 g/mol. The van der Waals surface area contributed by atoms with Crippen LogP contribution in [0.4, 0.5) is 4.39 Å². The van der Waals surface area contributed by atoms with Crippen LogP contribution in [0.2, 0.25) is 0 Å². The van der Waals surface area contributed by atoms with Gasteiger partial charge in [0, 0.05) is 16.8 Å². The van der Waals surface area contributed by atoms with Gasteiger partial charge in [-0.3, -0.25) is 4.79 Å². The van der Waals surface area contributed by atoms with Crippen molar-refractivity contribution in [3.63, 3.8) is 0 Å². The quantitative estimate of drug-likeness (QED) is 0.760. The fourth-order valence-corrected chi connectivity index (χ4v) is 2.88. The molecule has 1 nitrogen and oxygen atoms in total. The van der Waals surface area contributed by atoms with Crippen molar-refractivity contribution in [2.45, 2.75) is 25.7 Å². The van der Waals surface area contributed by atoms with Crippen LogP contribution in [0.25, 0.3) is 0 Å². The summed E-state index contributed by atoms with van der Waals surface area (Å²) in [5.41, 5.74) is 1.73. The highest BCUT2D eigenvalue weighted by molar-refractivity contribution is 9.10. The maximum absolute atomic E-state index is 13.3. The fourth-order valence-electron chi connectivity index (χ4n) is 2.37. The van der Waals surface area contributed by atoms with E-state index in [0.717, 1.165) is 12.0 Å². The Hall–Kier alpha value is -1.48. The molecule has 0 spiro atoms. The molecule has 3 heteroatoms. The Kier molecular flexibility index (Phi) is 5.07. The number of hydrogen-bond acceptors (Lipinski definition) is 1. The number of hydrogen-bond donors (Lipinski definition) is 0. The van der Waals surface area contributed by atoms with E-state index >= 15 is 0 Å². The fraction of sp³-hybridized carbons (Fsp3) is 0.235. The molecule has 0 heterocycles. The summed E-state index contributed by atoms with van der Waals surface area (Å²) >= 11 is 3.25. The number of Topliss-reactive ketones (excluding diaryl/α,β-unsaturated/α-hetero) is 1. The normalized spacial score (nSPS) is 12.2. The molecular formula is C17H16BrFO. The highest BCUT2D eigenvalue weighted by Gasteiger charge is 2.18. The number of carbonyl (C=O) groups excluding carboxylic acids is 1. The lowest BCUT2D eigenvalue weighted by molar-refractivity contribution is -0.119. The van der Waals surface area contributed by atoms with Crippen LogP contribution in [0.5, 0.6) is 0 Å². The second kappa shape index (κ2) is 6.80. The van der Waals surface area contributed by atoms with Crippen molar-refractivity contribution in [1.82, 2.24) is 0 Å². The summed E-state index contributed by atoms with van der Waals surface area (Å²) in [6, 6.07) is 14.3. The lowest BCUT2D eigenvalue weighted by atomic mass is 9.89. The summed E-state index contributed by atoms with van der Waals surface area (Å²) in [5, 5.41) is 0. The van der Waals surface area contributed by atoms with Gasteiger partial charge in [0.1, 0.15) is 11.6 Å². The van der Waals surface area contributed by atoms with E-state index in [2.05, 4.69) is 15.9 Å². The highest BCUT2D eigenvalue weighted by atomic mass is 79.9. The van der Waals surface area contributed by atoms with Gasteiger partial charge in [-0.2, -0.15) is 0 Å². The van der Waals surface area contributed by atoms with Crippen LogP contribution in [0, 0.1) is 5.82 Å². The number of carbonyl (C=O) groups is 1. The average Bonchev–Trinajstić information content (AvgIpc) is 2.39. The summed E-state index contributed by atoms with van der Waals surface area (Å²) in [6.07, 6.45) is 1.00. The first-order valence-corrected chi connectivity index (χ1v) is 7.42. The summed E-state index contributed by atoms with van der Waals surface area (Å²) in [4.78, 5) is 12.4. The van der Waals surface area contributed by atoms with Crippen molar-refractivity contribution >= 4 is 21.7 Å². The zero-order chi connectivity index (χ0) is 14.5. The highest BCUT2D eigenvalue weighted by Crippen LogP contribution is 2.23. The molecule has 0 aliphatic heterocycles. The SMILES string of the molecule is CCC(C(=O)Cc1cc(F)cc(Br)c1)c1ccccc1. The Labute approximate surface area is 127 Å². The Morgan fingerprint density at radius 1 is 1.20 bits per heavy atom. The molecule has 2 aromatic carbocycles. The Balaban J connectivity index is 2.18. The monoisotopic (exact) mass is 334 g/mol. The summed E-state index contributed by atoms with van der Waals surface area (Å²) in [5.74, 6) is -0.329. The molecule has 2 rings (SSSR count). The molecule has 2 aromatic rings. The third kappa shape index (κ3) is 3.76. The lowest BCUT2D eigenvalue weighted by Gasteiger charge is -2.14. The molecule has 0 N–H and O–H groups in total. The van der Waals surface area contributed by atoms with Crippen molar-refractivity contribution < 1.29 is 9.18 Å². The number of rotatable bonds is 5. The first kappa shape index (κ1) is 14.9. The first-order valence-electron chi connectivity index (χ1n) is 6.62. The zero-order valence-electron chi connectivity index (χ0n) is 11.3. The smallest absolute Gasteiger partial charge is 0.144 e. The van der Waals surface area contributed by atoms with E-state index in [1.54, 1.807) is 6.07 Å². The molecule has 0 amide bonds. The van der Waals surface area contributed by atoms with Gasteiger partial charge in [0.15, 0.2) is 0 Å².